The van der Waals surface area contributed by atoms with E-state index in [4.69, 9.17) is 4.74 Å². The van der Waals surface area contributed by atoms with E-state index in [0.29, 0.717) is 25.3 Å². The topological polar surface area (TPSA) is 56.1 Å². The average Bonchev–Trinajstić information content (AvgIpc) is 3.02. The number of hydrogen-bond acceptors (Lipinski definition) is 3. The first-order valence-electron chi connectivity index (χ1n) is 9.58. The van der Waals surface area contributed by atoms with Crippen LogP contribution in [-0.2, 0) is 11.2 Å². The molecule has 1 amide bonds. The van der Waals surface area contributed by atoms with Crippen molar-refractivity contribution in [2.75, 3.05) is 19.8 Å². The lowest BCUT2D eigenvalue weighted by Gasteiger charge is -2.08. The number of carbonyl (C=O) groups excluding carboxylic acids is 1. The molecule has 1 N–H and O–H groups in total. The molecule has 0 saturated heterocycles. The number of fused-ring (bicyclic) bond motifs is 1. The normalized spacial score (nSPS) is 11.1. The van der Waals surface area contributed by atoms with Crippen molar-refractivity contribution in [1.82, 2.24) is 14.9 Å². The summed E-state index contributed by atoms with van der Waals surface area (Å²) in [6, 6.07) is 14.2. The van der Waals surface area contributed by atoms with Crippen LogP contribution in [0.2, 0.25) is 0 Å². The highest BCUT2D eigenvalue weighted by Gasteiger charge is 2.12. The first-order chi connectivity index (χ1) is 13.1. The van der Waals surface area contributed by atoms with Crippen LogP contribution in [0.25, 0.3) is 16.7 Å². The fourth-order valence-electron chi connectivity index (χ4n) is 3.17. The largest absolute Gasteiger partial charge is 0.382 e. The van der Waals surface area contributed by atoms with Crippen LogP contribution in [0.5, 0.6) is 0 Å². The molecule has 0 spiro atoms. The quantitative estimate of drug-likeness (QED) is 0.613. The molecular formula is C22H27N3O2. The molecule has 0 saturated carbocycles. The molecule has 0 bridgehead atoms. The van der Waals surface area contributed by atoms with Crippen molar-refractivity contribution >= 4 is 16.9 Å². The molecule has 1 aromatic heterocycles. The molecule has 0 fully saturated rings. The summed E-state index contributed by atoms with van der Waals surface area (Å²) in [5, 5.41) is 2.93. The van der Waals surface area contributed by atoms with Gasteiger partial charge in [0.25, 0.3) is 5.91 Å². The lowest BCUT2D eigenvalue weighted by molar-refractivity contribution is 0.0944. The monoisotopic (exact) mass is 365 g/mol. The van der Waals surface area contributed by atoms with Crippen molar-refractivity contribution in [3.05, 3.63) is 59.4 Å². The minimum absolute atomic E-state index is 0.0760. The maximum absolute atomic E-state index is 12.4. The molecule has 142 valence electrons. The number of imidazole rings is 1. The number of aromatic nitrogens is 2. The van der Waals surface area contributed by atoms with E-state index in [1.165, 1.54) is 5.56 Å². The van der Waals surface area contributed by atoms with Crippen molar-refractivity contribution in [1.29, 1.82) is 0 Å². The van der Waals surface area contributed by atoms with Gasteiger partial charge >= 0.3 is 0 Å². The maximum Gasteiger partial charge on any atom is 0.251 e. The van der Waals surface area contributed by atoms with Crippen LogP contribution >= 0.6 is 0 Å². The second-order valence-corrected chi connectivity index (χ2v) is 6.52. The Morgan fingerprint density at radius 2 is 1.93 bits per heavy atom. The molecule has 0 aliphatic rings. The molecule has 3 aromatic rings. The highest BCUT2D eigenvalue weighted by molar-refractivity contribution is 5.97. The van der Waals surface area contributed by atoms with Crippen LogP contribution in [-0.4, -0.2) is 35.2 Å². The van der Waals surface area contributed by atoms with Gasteiger partial charge in [-0.3, -0.25) is 9.36 Å². The zero-order chi connectivity index (χ0) is 19.2. The van der Waals surface area contributed by atoms with Crippen molar-refractivity contribution in [3.8, 4) is 5.69 Å². The molecule has 2 aromatic carbocycles. The highest BCUT2D eigenvalue weighted by atomic mass is 16.5. The Labute approximate surface area is 160 Å². The van der Waals surface area contributed by atoms with Crippen LogP contribution in [0.15, 0.2) is 42.5 Å². The zero-order valence-corrected chi connectivity index (χ0v) is 16.3. The fraction of sp³-hybridized carbons (Fsp3) is 0.364. The summed E-state index contributed by atoms with van der Waals surface area (Å²) < 4.78 is 7.41. The Bertz CT molecular complexity index is 913. The Balaban J connectivity index is 1.79. The second kappa shape index (κ2) is 8.82. The van der Waals surface area contributed by atoms with Crippen molar-refractivity contribution in [2.45, 2.75) is 33.6 Å². The minimum atomic E-state index is -0.0760. The summed E-state index contributed by atoms with van der Waals surface area (Å²) in [4.78, 5) is 17.0. The lowest BCUT2D eigenvalue weighted by atomic mass is 10.1. The predicted octanol–water partition coefficient (Wildman–Crippen LogP) is 4.05. The zero-order valence-electron chi connectivity index (χ0n) is 16.3. The minimum Gasteiger partial charge on any atom is -0.382 e. The van der Waals surface area contributed by atoms with Gasteiger partial charge in [0.1, 0.15) is 5.82 Å². The number of carbonyl (C=O) groups is 1. The number of rotatable bonds is 8. The summed E-state index contributed by atoms with van der Waals surface area (Å²) in [5.41, 5.74) is 4.85. The Morgan fingerprint density at radius 1 is 1.15 bits per heavy atom. The van der Waals surface area contributed by atoms with Gasteiger partial charge in [-0.15, -0.1) is 0 Å². The number of benzene rings is 2. The van der Waals surface area contributed by atoms with Crippen molar-refractivity contribution < 1.29 is 9.53 Å². The number of ether oxygens (including phenoxy) is 1. The number of amides is 1. The smallest absolute Gasteiger partial charge is 0.251 e. The summed E-state index contributed by atoms with van der Waals surface area (Å²) in [7, 11) is 0. The second-order valence-electron chi connectivity index (χ2n) is 6.52. The van der Waals surface area contributed by atoms with E-state index in [2.05, 4.69) is 46.1 Å². The summed E-state index contributed by atoms with van der Waals surface area (Å²) >= 11 is 0. The third kappa shape index (κ3) is 4.37. The number of nitrogens with zero attached hydrogens (tertiary/aromatic N) is 2. The third-order valence-corrected chi connectivity index (χ3v) is 4.64. The molecule has 0 aliphatic heterocycles. The summed E-state index contributed by atoms with van der Waals surface area (Å²) in [6.45, 7) is 8.07. The van der Waals surface area contributed by atoms with Gasteiger partial charge in [-0.25, -0.2) is 4.98 Å². The molecule has 0 unspecified atom stereocenters. The number of hydrogen-bond donors (Lipinski definition) is 1. The SMILES string of the molecule is CCOCCCNC(=O)c1ccc2c(c1)nc(C)n2-c1ccc(CC)cc1. The summed E-state index contributed by atoms with van der Waals surface area (Å²) in [5.74, 6) is 0.830. The van der Waals surface area contributed by atoms with Gasteiger partial charge < -0.3 is 10.1 Å². The number of nitrogens with one attached hydrogen (secondary N) is 1. The molecule has 0 radical (unpaired) electrons. The summed E-state index contributed by atoms with van der Waals surface area (Å²) in [6.07, 6.45) is 1.83. The average molecular weight is 365 g/mol. The first-order valence-corrected chi connectivity index (χ1v) is 9.58. The van der Waals surface area contributed by atoms with E-state index >= 15 is 0 Å². The molecule has 5 heteroatoms. The molecule has 3 rings (SSSR count). The molecule has 5 nitrogen and oxygen atoms in total. The Hall–Kier alpha value is -2.66. The molecule has 0 atom stereocenters. The van der Waals surface area contributed by atoms with Crippen LogP contribution < -0.4 is 5.32 Å². The van der Waals surface area contributed by atoms with Gasteiger partial charge in [0.05, 0.1) is 11.0 Å². The van der Waals surface area contributed by atoms with E-state index in [0.717, 1.165) is 35.4 Å². The Kier molecular flexibility index (Phi) is 6.24. The van der Waals surface area contributed by atoms with Crippen molar-refractivity contribution in [2.24, 2.45) is 0 Å². The van der Waals surface area contributed by atoms with Gasteiger partial charge in [-0.2, -0.15) is 0 Å². The van der Waals surface area contributed by atoms with E-state index in [1.54, 1.807) is 0 Å². The molecular weight excluding hydrogens is 338 g/mol. The van der Waals surface area contributed by atoms with Gasteiger partial charge in [0.2, 0.25) is 0 Å². The van der Waals surface area contributed by atoms with Crippen LogP contribution in [0.3, 0.4) is 0 Å². The Morgan fingerprint density at radius 3 is 2.63 bits per heavy atom. The van der Waals surface area contributed by atoms with Crippen molar-refractivity contribution in [3.63, 3.8) is 0 Å². The highest BCUT2D eigenvalue weighted by Crippen LogP contribution is 2.23. The number of aryl methyl sites for hydroxylation is 2. The third-order valence-electron chi connectivity index (χ3n) is 4.64. The molecule has 1 heterocycles. The van der Waals surface area contributed by atoms with Crippen LogP contribution in [0.4, 0.5) is 0 Å². The fourth-order valence-corrected chi connectivity index (χ4v) is 3.17. The maximum atomic E-state index is 12.4. The van der Waals surface area contributed by atoms with E-state index < -0.39 is 0 Å². The van der Waals surface area contributed by atoms with E-state index in [1.807, 2.05) is 32.0 Å². The van der Waals surface area contributed by atoms with Crippen LogP contribution in [0, 0.1) is 6.92 Å². The van der Waals surface area contributed by atoms with E-state index in [-0.39, 0.29) is 5.91 Å². The van der Waals surface area contributed by atoms with Gasteiger partial charge in [-0.05, 0) is 62.6 Å². The molecule has 0 aliphatic carbocycles. The predicted molar refractivity (Wildman–Crippen MR) is 109 cm³/mol. The van der Waals surface area contributed by atoms with Gasteiger partial charge in [-0.1, -0.05) is 19.1 Å². The first kappa shape index (κ1) is 19.1. The van der Waals surface area contributed by atoms with Gasteiger partial charge in [0.15, 0.2) is 0 Å². The lowest BCUT2D eigenvalue weighted by Crippen LogP contribution is -2.25. The molecule has 27 heavy (non-hydrogen) atoms. The van der Waals surface area contributed by atoms with Gasteiger partial charge in [0, 0.05) is 31.0 Å². The van der Waals surface area contributed by atoms with E-state index in [9.17, 15) is 4.79 Å². The standard InChI is InChI=1S/C22H27N3O2/c1-4-17-7-10-19(11-8-17)25-16(3)24-20-15-18(9-12-21(20)25)22(26)23-13-6-14-27-5-2/h7-12,15H,4-6,13-14H2,1-3H3,(H,23,26). The van der Waals surface area contributed by atoms with Crippen LogP contribution in [0.1, 0.15) is 42.0 Å².